The zero-order chi connectivity index (χ0) is 23.1. The standard InChI is InChI=1S/C25H24BrNO4S/c1-4-15-31-20-12-5-17(6-13-20)7-14-21(28)27-24-23(25(29)30-3)22(16(2)32-24)18-8-10-19(26)11-9-18/h5-14H,4,15H2,1-3H3,(H,27,28)/b14-7+. The lowest BCUT2D eigenvalue weighted by Crippen LogP contribution is -2.11. The predicted octanol–water partition coefficient (Wildman–Crippen LogP) is 6.71. The van der Waals surface area contributed by atoms with E-state index in [-0.39, 0.29) is 5.91 Å². The first-order valence-corrected chi connectivity index (χ1v) is 11.7. The Morgan fingerprint density at radius 3 is 2.41 bits per heavy atom. The maximum atomic E-state index is 12.6. The largest absolute Gasteiger partial charge is 0.494 e. The van der Waals surface area contributed by atoms with Crippen molar-refractivity contribution >= 4 is 50.2 Å². The molecular weight excluding hydrogens is 490 g/mol. The molecule has 0 fully saturated rings. The summed E-state index contributed by atoms with van der Waals surface area (Å²) in [6, 6.07) is 15.2. The Kier molecular flexibility index (Phi) is 8.25. The molecule has 7 heteroatoms. The van der Waals surface area contributed by atoms with E-state index in [0.717, 1.165) is 38.2 Å². The number of thiophene rings is 1. The van der Waals surface area contributed by atoms with E-state index in [1.54, 1.807) is 6.08 Å². The highest BCUT2D eigenvalue weighted by Gasteiger charge is 2.24. The van der Waals surface area contributed by atoms with E-state index in [4.69, 9.17) is 9.47 Å². The predicted molar refractivity (Wildman–Crippen MR) is 133 cm³/mol. The minimum atomic E-state index is -0.491. The first-order valence-electron chi connectivity index (χ1n) is 10.1. The van der Waals surface area contributed by atoms with E-state index >= 15 is 0 Å². The number of carbonyl (C=O) groups excluding carboxylic acids is 2. The molecule has 0 aliphatic heterocycles. The van der Waals surface area contributed by atoms with Crippen molar-refractivity contribution in [2.75, 3.05) is 19.0 Å². The molecule has 0 aliphatic carbocycles. The number of nitrogens with one attached hydrogen (secondary N) is 1. The molecule has 1 N–H and O–H groups in total. The van der Waals surface area contributed by atoms with Crippen LogP contribution in [-0.2, 0) is 9.53 Å². The molecular formula is C25H24BrNO4S. The smallest absolute Gasteiger partial charge is 0.341 e. The number of carbonyl (C=O) groups is 2. The number of amides is 1. The van der Waals surface area contributed by atoms with Crippen LogP contribution in [0.1, 0.15) is 34.1 Å². The Hall–Kier alpha value is -2.90. The third-order valence-electron chi connectivity index (χ3n) is 4.62. The van der Waals surface area contributed by atoms with Gasteiger partial charge in [0.2, 0.25) is 5.91 Å². The number of methoxy groups -OCH3 is 1. The van der Waals surface area contributed by atoms with Crippen molar-refractivity contribution in [1.29, 1.82) is 0 Å². The molecule has 0 unspecified atom stereocenters. The second-order valence-corrected chi connectivity index (χ2v) is 9.12. The van der Waals surface area contributed by atoms with Crippen LogP contribution in [0.25, 0.3) is 17.2 Å². The molecule has 0 aliphatic rings. The average Bonchev–Trinajstić information content (AvgIpc) is 3.12. The van der Waals surface area contributed by atoms with Crippen LogP contribution in [0, 0.1) is 6.92 Å². The summed E-state index contributed by atoms with van der Waals surface area (Å²) in [6.07, 6.45) is 4.10. The minimum Gasteiger partial charge on any atom is -0.494 e. The van der Waals surface area contributed by atoms with E-state index < -0.39 is 5.97 Å². The highest BCUT2D eigenvalue weighted by Crippen LogP contribution is 2.40. The monoisotopic (exact) mass is 513 g/mol. The maximum Gasteiger partial charge on any atom is 0.341 e. The summed E-state index contributed by atoms with van der Waals surface area (Å²) in [5.74, 6) is -0.0232. The van der Waals surface area contributed by atoms with Gasteiger partial charge in [-0.25, -0.2) is 4.79 Å². The topological polar surface area (TPSA) is 64.6 Å². The molecule has 3 rings (SSSR count). The fraction of sp³-hybridized carbons (Fsp3) is 0.200. The summed E-state index contributed by atoms with van der Waals surface area (Å²) >= 11 is 4.77. The first kappa shape index (κ1) is 23.8. The maximum absolute atomic E-state index is 12.6. The first-order chi connectivity index (χ1) is 15.4. The van der Waals surface area contributed by atoms with E-state index in [1.165, 1.54) is 24.5 Å². The molecule has 0 spiro atoms. The van der Waals surface area contributed by atoms with Crippen LogP contribution in [0.15, 0.2) is 59.1 Å². The van der Waals surface area contributed by atoms with Crippen molar-refractivity contribution in [3.05, 3.63) is 75.1 Å². The Morgan fingerprint density at radius 2 is 1.78 bits per heavy atom. The van der Waals surface area contributed by atoms with Crippen molar-refractivity contribution < 1.29 is 19.1 Å². The van der Waals surface area contributed by atoms with Gasteiger partial charge in [-0.15, -0.1) is 11.3 Å². The Balaban J connectivity index is 1.81. The van der Waals surface area contributed by atoms with Gasteiger partial charge >= 0.3 is 5.97 Å². The van der Waals surface area contributed by atoms with Crippen LogP contribution < -0.4 is 10.1 Å². The second-order valence-electron chi connectivity index (χ2n) is 6.98. The average molecular weight is 514 g/mol. The third kappa shape index (κ3) is 5.87. The summed E-state index contributed by atoms with van der Waals surface area (Å²) in [6.45, 7) is 4.64. The molecule has 1 aromatic heterocycles. The quantitative estimate of drug-likeness (QED) is 0.268. The van der Waals surface area contributed by atoms with Gasteiger partial charge in [0.25, 0.3) is 0 Å². The molecule has 0 saturated carbocycles. The van der Waals surface area contributed by atoms with Gasteiger partial charge < -0.3 is 14.8 Å². The summed E-state index contributed by atoms with van der Waals surface area (Å²) in [4.78, 5) is 26.1. The molecule has 0 bridgehead atoms. The third-order valence-corrected chi connectivity index (χ3v) is 6.17. The number of halogens is 1. The molecule has 2 aromatic carbocycles. The van der Waals surface area contributed by atoms with Crippen molar-refractivity contribution in [2.45, 2.75) is 20.3 Å². The van der Waals surface area contributed by atoms with Crippen LogP contribution in [0.5, 0.6) is 5.75 Å². The fourth-order valence-electron chi connectivity index (χ4n) is 3.11. The van der Waals surface area contributed by atoms with Crippen molar-refractivity contribution in [3.63, 3.8) is 0 Å². The van der Waals surface area contributed by atoms with Crippen LogP contribution in [0.2, 0.25) is 0 Å². The second kappa shape index (κ2) is 11.1. The number of hydrogen-bond acceptors (Lipinski definition) is 5. The van der Waals surface area contributed by atoms with Crippen LogP contribution in [0.4, 0.5) is 5.00 Å². The van der Waals surface area contributed by atoms with E-state index in [0.29, 0.717) is 17.2 Å². The summed E-state index contributed by atoms with van der Waals surface area (Å²) in [5, 5.41) is 3.30. The molecule has 5 nitrogen and oxygen atoms in total. The highest BCUT2D eigenvalue weighted by molar-refractivity contribution is 9.10. The number of rotatable bonds is 8. The van der Waals surface area contributed by atoms with Crippen molar-refractivity contribution in [3.8, 4) is 16.9 Å². The summed E-state index contributed by atoms with van der Waals surface area (Å²) in [7, 11) is 1.33. The number of ether oxygens (including phenoxy) is 2. The molecule has 1 heterocycles. The Labute approximate surface area is 200 Å². The normalized spacial score (nSPS) is 10.9. The molecule has 166 valence electrons. The van der Waals surface area contributed by atoms with Gasteiger partial charge in [-0.1, -0.05) is 47.1 Å². The van der Waals surface area contributed by atoms with E-state index in [1.807, 2.05) is 55.5 Å². The van der Waals surface area contributed by atoms with Crippen LogP contribution in [0.3, 0.4) is 0 Å². The number of aryl methyl sites for hydroxylation is 1. The van der Waals surface area contributed by atoms with Crippen molar-refractivity contribution in [2.24, 2.45) is 0 Å². The van der Waals surface area contributed by atoms with Gasteiger partial charge in [-0.05, 0) is 54.8 Å². The number of esters is 1. The van der Waals surface area contributed by atoms with Gasteiger partial charge in [-0.2, -0.15) is 0 Å². The Morgan fingerprint density at radius 1 is 1.09 bits per heavy atom. The molecule has 3 aromatic rings. The number of anilines is 1. The zero-order valence-corrected chi connectivity index (χ0v) is 20.5. The highest BCUT2D eigenvalue weighted by atomic mass is 79.9. The number of hydrogen-bond donors (Lipinski definition) is 1. The van der Waals surface area contributed by atoms with Gasteiger partial charge in [0.05, 0.1) is 13.7 Å². The minimum absolute atomic E-state index is 0.329. The van der Waals surface area contributed by atoms with Gasteiger partial charge in [0.1, 0.15) is 16.3 Å². The lowest BCUT2D eigenvalue weighted by Gasteiger charge is -2.07. The lowest BCUT2D eigenvalue weighted by molar-refractivity contribution is -0.111. The fourth-order valence-corrected chi connectivity index (χ4v) is 4.45. The summed E-state index contributed by atoms with van der Waals surface area (Å²) in [5.41, 5.74) is 2.87. The van der Waals surface area contributed by atoms with Crippen LogP contribution in [-0.4, -0.2) is 25.6 Å². The Bertz CT molecular complexity index is 1120. The van der Waals surface area contributed by atoms with Gasteiger partial charge in [0.15, 0.2) is 0 Å². The zero-order valence-electron chi connectivity index (χ0n) is 18.1. The molecule has 0 atom stereocenters. The van der Waals surface area contributed by atoms with E-state index in [9.17, 15) is 9.59 Å². The molecule has 0 radical (unpaired) electrons. The van der Waals surface area contributed by atoms with Gasteiger partial charge in [-0.3, -0.25) is 4.79 Å². The van der Waals surface area contributed by atoms with Gasteiger partial charge in [0, 0.05) is 21.0 Å². The molecule has 32 heavy (non-hydrogen) atoms. The SMILES string of the molecule is CCCOc1ccc(/C=C/C(=O)Nc2sc(C)c(-c3ccc(Br)cc3)c2C(=O)OC)cc1. The van der Waals surface area contributed by atoms with Crippen LogP contribution >= 0.6 is 27.3 Å². The number of benzene rings is 2. The molecule has 1 amide bonds. The molecule has 0 saturated heterocycles. The van der Waals surface area contributed by atoms with E-state index in [2.05, 4.69) is 28.2 Å². The lowest BCUT2D eigenvalue weighted by atomic mass is 10.0. The summed E-state index contributed by atoms with van der Waals surface area (Å²) < 4.78 is 11.5. The van der Waals surface area contributed by atoms with Crippen molar-refractivity contribution in [1.82, 2.24) is 0 Å².